The fraction of sp³-hybridized carbons (Fsp3) is 0.622. The Morgan fingerprint density at radius 3 is 2.51 bits per heavy atom. The van der Waals surface area contributed by atoms with E-state index >= 15 is 0 Å². The Kier molecular flexibility index (Phi) is 11.8. The molecule has 0 spiro atoms. The van der Waals surface area contributed by atoms with Gasteiger partial charge in [0.15, 0.2) is 17.8 Å². The van der Waals surface area contributed by atoms with Gasteiger partial charge in [-0.05, 0) is 61.6 Å². The van der Waals surface area contributed by atoms with Crippen LogP contribution in [-0.2, 0) is 30.7 Å². The molecule has 2 aromatic carbocycles. The average Bonchev–Trinajstić information content (AvgIpc) is 3.93. The van der Waals surface area contributed by atoms with Crippen LogP contribution in [0.5, 0.6) is 11.5 Å². The molecule has 2 saturated heterocycles. The molecule has 1 saturated carbocycles. The maximum Gasteiger partial charge on any atom is 0.407 e. The van der Waals surface area contributed by atoms with Crippen molar-refractivity contribution in [2.24, 2.45) is 17.3 Å². The zero-order valence-electron chi connectivity index (χ0n) is 29.4. The third kappa shape index (κ3) is 8.79. The number of amides is 2. The van der Waals surface area contributed by atoms with Crippen LogP contribution in [-0.4, -0.2) is 104 Å². The second kappa shape index (κ2) is 16.1. The summed E-state index contributed by atoms with van der Waals surface area (Å²) in [5.41, 5.74) is 0.229. The Bertz CT molecular complexity index is 1620. The smallest absolute Gasteiger partial charge is 0.407 e. The minimum atomic E-state index is -4.23. The molecule has 13 nitrogen and oxygen atoms in total. The third-order valence-electron chi connectivity index (χ3n) is 10.7. The molecule has 6 rings (SSSR count). The lowest BCUT2D eigenvalue weighted by atomic mass is 9.87. The van der Waals surface area contributed by atoms with Crippen LogP contribution in [0.15, 0.2) is 53.4 Å². The molecule has 3 heterocycles. The molecule has 2 aromatic rings. The van der Waals surface area contributed by atoms with Gasteiger partial charge in [0.2, 0.25) is 22.7 Å². The lowest BCUT2D eigenvalue weighted by Gasteiger charge is -2.40. The van der Waals surface area contributed by atoms with Gasteiger partial charge >= 0.3 is 6.09 Å². The first-order valence-electron chi connectivity index (χ1n) is 18.1. The topological polar surface area (TPSA) is 164 Å². The van der Waals surface area contributed by atoms with E-state index in [9.17, 15) is 28.2 Å². The molecular formula is C37H51N3O10S. The summed E-state index contributed by atoms with van der Waals surface area (Å²) in [7, 11) is -4.23. The van der Waals surface area contributed by atoms with E-state index in [4.69, 9.17) is 18.9 Å². The predicted octanol–water partition coefficient (Wildman–Crippen LogP) is 4.23. The van der Waals surface area contributed by atoms with Crippen molar-refractivity contribution >= 4 is 22.0 Å². The van der Waals surface area contributed by atoms with E-state index in [1.54, 1.807) is 6.07 Å². The van der Waals surface area contributed by atoms with Crippen LogP contribution in [0.25, 0.3) is 0 Å². The fourth-order valence-corrected chi connectivity index (χ4v) is 9.63. The number of carbonyl (C=O) groups is 2. The monoisotopic (exact) mass is 729 g/mol. The summed E-state index contributed by atoms with van der Waals surface area (Å²) in [4.78, 5) is 26.9. The molecule has 14 heteroatoms. The maximum atomic E-state index is 14.5. The van der Waals surface area contributed by atoms with E-state index in [-0.39, 0.29) is 55.5 Å². The number of aliphatic hydroxyl groups is 1. The highest BCUT2D eigenvalue weighted by molar-refractivity contribution is 7.89. The van der Waals surface area contributed by atoms with Gasteiger partial charge in [-0.25, -0.2) is 13.2 Å². The third-order valence-corrected chi connectivity index (χ3v) is 12.5. The zero-order valence-corrected chi connectivity index (χ0v) is 30.3. The van der Waals surface area contributed by atoms with Gasteiger partial charge in [-0.2, -0.15) is 4.31 Å². The first kappa shape index (κ1) is 37.3. The fourth-order valence-electron chi connectivity index (χ4n) is 7.97. The van der Waals surface area contributed by atoms with Crippen LogP contribution in [0.4, 0.5) is 4.79 Å². The summed E-state index contributed by atoms with van der Waals surface area (Å²) in [6, 6.07) is 12.1. The van der Waals surface area contributed by atoms with Crippen LogP contribution in [0, 0.1) is 17.3 Å². The van der Waals surface area contributed by atoms with Crippen LogP contribution < -0.4 is 14.8 Å². The molecule has 2 amide bonds. The number of nitrogens with zero attached hydrogens (tertiary/aromatic N) is 2. The molecular weight excluding hydrogens is 678 g/mol. The normalized spacial score (nSPS) is 22.9. The molecule has 3 N–H and O–H groups in total. The Morgan fingerprint density at radius 1 is 1.02 bits per heavy atom. The number of sulfonamides is 1. The minimum absolute atomic E-state index is 0.0183. The van der Waals surface area contributed by atoms with Gasteiger partial charge in [0.05, 0.1) is 36.3 Å². The van der Waals surface area contributed by atoms with Crippen molar-refractivity contribution in [3.63, 3.8) is 0 Å². The number of carboxylic acid groups (broad SMARTS) is 1. The molecule has 0 radical (unpaired) electrons. The number of hydrogen-bond donors (Lipinski definition) is 3. The van der Waals surface area contributed by atoms with Crippen LogP contribution in [0.2, 0.25) is 0 Å². The van der Waals surface area contributed by atoms with E-state index in [1.165, 1.54) is 21.3 Å². The van der Waals surface area contributed by atoms with Gasteiger partial charge in [-0.3, -0.25) is 9.69 Å². The minimum Gasteiger partial charge on any atom is -0.465 e. The SMILES string of the molecule is CC(C)(CCCNC(=O)C1CCCC1)CN(C[C@@H](O)[C@H](Cc1ccccc1)N(C(=O)O)[C@H]1CO[C@H]2OCC[C@H]21)S(=O)(=O)c1ccc2c(c1)OCO2. The molecule has 1 aliphatic carbocycles. The Labute approximate surface area is 300 Å². The summed E-state index contributed by atoms with van der Waals surface area (Å²) < 4.78 is 52.7. The molecule has 280 valence electrons. The largest absolute Gasteiger partial charge is 0.465 e. The Hall–Kier alpha value is -3.43. The average molecular weight is 730 g/mol. The molecule has 0 bridgehead atoms. The predicted molar refractivity (Wildman–Crippen MR) is 187 cm³/mol. The van der Waals surface area contributed by atoms with Crippen LogP contribution >= 0.6 is 0 Å². The quantitative estimate of drug-likeness (QED) is 0.213. The highest BCUT2D eigenvalue weighted by Crippen LogP contribution is 2.38. The van der Waals surface area contributed by atoms with Gasteiger partial charge in [0, 0.05) is 37.5 Å². The van der Waals surface area contributed by atoms with Crippen LogP contribution in [0.3, 0.4) is 0 Å². The molecule has 0 unspecified atom stereocenters. The number of rotatable bonds is 16. The van der Waals surface area contributed by atoms with Gasteiger partial charge in [-0.15, -0.1) is 0 Å². The van der Waals surface area contributed by atoms with Crippen molar-refractivity contribution in [2.75, 3.05) is 39.6 Å². The van der Waals surface area contributed by atoms with E-state index in [2.05, 4.69) is 5.32 Å². The number of benzene rings is 2. The number of nitrogens with one attached hydrogen (secondary N) is 1. The first-order valence-corrected chi connectivity index (χ1v) is 19.5. The highest BCUT2D eigenvalue weighted by Gasteiger charge is 2.49. The van der Waals surface area contributed by atoms with Crippen molar-refractivity contribution in [1.29, 1.82) is 0 Å². The molecule has 51 heavy (non-hydrogen) atoms. The van der Waals surface area contributed by atoms with E-state index in [0.29, 0.717) is 43.9 Å². The molecule has 0 aromatic heterocycles. The van der Waals surface area contributed by atoms with Crippen molar-refractivity contribution in [3.05, 3.63) is 54.1 Å². The van der Waals surface area contributed by atoms with Gasteiger partial charge < -0.3 is 34.5 Å². The summed E-state index contributed by atoms with van der Waals surface area (Å²) in [5.74, 6) is 0.694. The van der Waals surface area contributed by atoms with Gasteiger partial charge in [0.1, 0.15) is 0 Å². The summed E-state index contributed by atoms with van der Waals surface area (Å²) >= 11 is 0. The van der Waals surface area contributed by atoms with Gasteiger partial charge in [0.25, 0.3) is 0 Å². The summed E-state index contributed by atoms with van der Waals surface area (Å²) in [6.45, 7) is 4.62. The van der Waals surface area contributed by atoms with Crippen molar-refractivity contribution in [1.82, 2.24) is 14.5 Å². The molecule has 3 fully saturated rings. The van der Waals surface area contributed by atoms with Crippen molar-refractivity contribution in [2.45, 2.75) is 94.6 Å². The number of fused-ring (bicyclic) bond motifs is 2. The highest BCUT2D eigenvalue weighted by atomic mass is 32.2. The summed E-state index contributed by atoms with van der Waals surface area (Å²) in [5, 5.41) is 25.8. The first-order chi connectivity index (χ1) is 24.4. The summed E-state index contributed by atoms with van der Waals surface area (Å²) in [6.07, 6.45) is 2.85. The van der Waals surface area contributed by atoms with E-state index in [1.807, 2.05) is 44.2 Å². The van der Waals surface area contributed by atoms with E-state index in [0.717, 1.165) is 31.2 Å². The second-order valence-electron chi connectivity index (χ2n) is 15.0. The number of ether oxygens (including phenoxy) is 4. The van der Waals surface area contributed by atoms with Gasteiger partial charge in [-0.1, -0.05) is 57.0 Å². The second-order valence-corrected chi connectivity index (χ2v) is 16.9. The van der Waals surface area contributed by atoms with E-state index < -0.39 is 46.0 Å². The lowest BCUT2D eigenvalue weighted by Crippen LogP contribution is -2.58. The molecule has 4 aliphatic rings. The molecule has 5 atom stereocenters. The number of hydrogen-bond acceptors (Lipinski definition) is 9. The number of aliphatic hydroxyl groups excluding tert-OH is 1. The maximum absolute atomic E-state index is 14.5. The standard InChI is InChI=1S/C37H51N3O10S/c1-37(2,16-8-17-38-34(42)26-11-6-7-12-26)23-39(51(45,46)27-13-14-32-33(20-27)50-24-49-32)21-31(41)29(19-25-9-4-3-5-10-25)40(36(43)44)30-22-48-35-28(30)15-18-47-35/h3-5,9-10,13-14,20,26,28-31,35,41H,6-8,11-12,15-19,21-24H2,1-2H3,(H,38,42)(H,43,44)/t28-,29-,30-,31+,35+/m0/s1. The van der Waals surface area contributed by atoms with Crippen molar-refractivity contribution in [3.8, 4) is 11.5 Å². The van der Waals surface area contributed by atoms with Crippen LogP contribution in [0.1, 0.15) is 64.4 Å². The lowest BCUT2D eigenvalue weighted by molar-refractivity contribution is -0.124. The Morgan fingerprint density at radius 2 is 1.76 bits per heavy atom. The molecule has 3 aliphatic heterocycles. The van der Waals surface area contributed by atoms with Crippen molar-refractivity contribution < 1.29 is 47.2 Å². The Balaban J connectivity index is 1.26. The zero-order chi connectivity index (χ0) is 36.2. The number of carbonyl (C=O) groups excluding carboxylic acids is 1.